The molecule has 3 aromatic rings. The first-order valence-electron chi connectivity index (χ1n) is 9.78. The molecule has 1 aromatic heterocycles. The summed E-state index contributed by atoms with van der Waals surface area (Å²) in [5.74, 6) is -1.18. The van der Waals surface area contributed by atoms with E-state index in [0.717, 1.165) is 0 Å². The molecule has 0 saturated carbocycles. The molecule has 9 nitrogen and oxygen atoms in total. The molecule has 0 aliphatic rings. The Bertz CT molecular complexity index is 1190. The van der Waals surface area contributed by atoms with E-state index in [-0.39, 0.29) is 35.2 Å². The molecule has 9 heteroatoms. The van der Waals surface area contributed by atoms with Gasteiger partial charge in [0.15, 0.2) is 0 Å². The Morgan fingerprint density at radius 2 is 1.78 bits per heavy atom. The van der Waals surface area contributed by atoms with Crippen molar-refractivity contribution in [2.45, 2.75) is 6.42 Å². The summed E-state index contributed by atoms with van der Waals surface area (Å²) in [6, 6.07) is 11.8. The summed E-state index contributed by atoms with van der Waals surface area (Å²) in [6.07, 6.45) is -0.181. The number of amides is 2. The molecule has 0 aliphatic carbocycles. The third-order valence-electron chi connectivity index (χ3n) is 4.94. The molecule has 0 unspecified atom stereocenters. The van der Waals surface area contributed by atoms with Crippen LogP contribution in [0.2, 0.25) is 0 Å². The minimum atomic E-state index is -1.23. The van der Waals surface area contributed by atoms with Crippen LogP contribution in [-0.4, -0.2) is 61.0 Å². The Balaban J connectivity index is 2.27. The number of aromatic carboxylic acids is 1. The number of rotatable bonds is 7. The van der Waals surface area contributed by atoms with E-state index in [2.05, 4.69) is 15.6 Å². The van der Waals surface area contributed by atoms with Gasteiger partial charge in [0.25, 0.3) is 5.91 Å². The van der Waals surface area contributed by atoms with Crippen LogP contribution in [0.5, 0.6) is 5.75 Å². The maximum atomic E-state index is 12.4. The van der Waals surface area contributed by atoms with Crippen molar-refractivity contribution < 1.29 is 24.2 Å². The number of nitrogens with zero attached hydrogens (tertiary/aromatic N) is 2. The fraction of sp³-hybridized carbons (Fsp3) is 0.217. The highest BCUT2D eigenvalue weighted by atomic mass is 16.5. The molecule has 0 bridgehead atoms. The number of aromatic nitrogens is 1. The number of carboxylic acids is 1. The molecular formula is C23H24N4O5. The Labute approximate surface area is 185 Å². The minimum absolute atomic E-state index is 0.127. The largest absolute Gasteiger partial charge is 0.497 e. The number of anilines is 2. The van der Waals surface area contributed by atoms with Gasteiger partial charge in [-0.05, 0) is 42.5 Å². The number of fused-ring (bicyclic) bond motifs is 1. The number of methoxy groups -OCH3 is 1. The van der Waals surface area contributed by atoms with E-state index in [1.807, 2.05) is 0 Å². The van der Waals surface area contributed by atoms with E-state index in [4.69, 9.17) is 4.74 Å². The maximum Gasteiger partial charge on any atom is 0.339 e. The van der Waals surface area contributed by atoms with E-state index in [1.54, 1.807) is 63.7 Å². The number of ether oxygens (including phenoxy) is 1. The van der Waals surface area contributed by atoms with Crippen molar-refractivity contribution >= 4 is 40.1 Å². The van der Waals surface area contributed by atoms with Gasteiger partial charge in [-0.15, -0.1) is 0 Å². The summed E-state index contributed by atoms with van der Waals surface area (Å²) in [7, 11) is 6.25. The maximum absolute atomic E-state index is 12.4. The summed E-state index contributed by atoms with van der Waals surface area (Å²) in [6.45, 7) is 0. The summed E-state index contributed by atoms with van der Waals surface area (Å²) < 4.78 is 5.17. The van der Waals surface area contributed by atoms with Crippen LogP contribution in [0.4, 0.5) is 11.4 Å². The number of likely N-dealkylation sites (N-methyl/N-ethyl adjacent to an activating group) is 1. The second kappa shape index (κ2) is 9.34. The van der Waals surface area contributed by atoms with Gasteiger partial charge in [-0.25, -0.2) is 4.79 Å². The SMILES string of the molecule is CNC(=O)c1ccc2nc(CC(=O)N(C)C)c(C(=O)O)c(Nc3ccc(OC)cc3)c2c1. The van der Waals surface area contributed by atoms with Crippen molar-refractivity contribution in [2.75, 3.05) is 33.6 Å². The van der Waals surface area contributed by atoms with Gasteiger partial charge in [-0.2, -0.15) is 0 Å². The van der Waals surface area contributed by atoms with Crippen LogP contribution < -0.4 is 15.4 Å². The highest BCUT2D eigenvalue weighted by Gasteiger charge is 2.24. The summed E-state index contributed by atoms with van der Waals surface area (Å²) in [5, 5.41) is 16.2. The van der Waals surface area contributed by atoms with Crippen molar-refractivity contribution in [3.63, 3.8) is 0 Å². The molecule has 3 N–H and O–H groups in total. The predicted octanol–water partition coefficient (Wildman–Crippen LogP) is 2.68. The smallest absolute Gasteiger partial charge is 0.339 e. The lowest BCUT2D eigenvalue weighted by Crippen LogP contribution is -2.25. The molecule has 1 heterocycles. The molecule has 0 saturated heterocycles. The van der Waals surface area contributed by atoms with Gasteiger partial charge < -0.3 is 25.4 Å². The van der Waals surface area contributed by atoms with Crippen molar-refractivity contribution in [1.29, 1.82) is 0 Å². The van der Waals surface area contributed by atoms with Crippen molar-refractivity contribution in [1.82, 2.24) is 15.2 Å². The molecule has 0 fully saturated rings. The van der Waals surface area contributed by atoms with Gasteiger partial charge in [0.2, 0.25) is 5.91 Å². The molecule has 166 valence electrons. The van der Waals surface area contributed by atoms with Gasteiger partial charge in [0.1, 0.15) is 11.3 Å². The van der Waals surface area contributed by atoms with Crippen LogP contribution in [0.1, 0.15) is 26.4 Å². The van der Waals surface area contributed by atoms with Crippen LogP contribution >= 0.6 is 0 Å². The molecule has 3 rings (SSSR count). The first-order chi connectivity index (χ1) is 15.2. The van der Waals surface area contributed by atoms with Crippen LogP contribution in [0.15, 0.2) is 42.5 Å². The lowest BCUT2D eigenvalue weighted by Gasteiger charge is -2.18. The van der Waals surface area contributed by atoms with Gasteiger partial charge in [-0.3, -0.25) is 14.6 Å². The summed E-state index contributed by atoms with van der Waals surface area (Å²) in [4.78, 5) is 42.7. The van der Waals surface area contributed by atoms with Crippen molar-refractivity contribution in [3.8, 4) is 5.75 Å². The second-order valence-electron chi connectivity index (χ2n) is 7.24. The Kier molecular flexibility index (Phi) is 6.58. The van der Waals surface area contributed by atoms with E-state index in [0.29, 0.717) is 27.9 Å². The van der Waals surface area contributed by atoms with Crippen molar-refractivity contribution in [2.24, 2.45) is 0 Å². The number of benzene rings is 2. The predicted molar refractivity (Wildman–Crippen MR) is 121 cm³/mol. The minimum Gasteiger partial charge on any atom is -0.497 e. The number of carbonyl (C=O) groups is 3. The average molecular weight is 436 g/mol. The Morgan fingerprint density at radius 1 is 1.09 bits per heavy atom. The number of hydrogen-bond donors (Lipinski definition) is 3. The van der Waals surface area contributed by atoms with E-state index >= 15 is 0 Å². The van der Waals surface area contributed by atoms with Crippen LogP contribution in [-0.2, 0) is 11.2 Å². The summed E-state index contributed by atoms with van der Waals surface area (Å²) in [5.41, 5.74) is 1.68. The first kappa shape index (κ1) is 22.5. The number of carboxylic acid groups (broad SMARTS) is 1. The summed E-state index contributed by atoms with van der Waals surface area (Å²) >= 11 is 0. The number of pyridine rings is 1. The van der Waals surface area contributed by atoms with E-state index in [1.165, 1.54) is 11.9 Å². The zero-order chi connectivity index (χ0) is 23.4. The first-order valence-corrected chi connectivity index (χ1v) is 9.78. The molecule has 0 atom stereocenters. The third kappa shape index (κ3) is 4.61. The second-order valence-corrected chi connectivity index (χ2v) is 7.24. The highest BCUT2D eigenvalue weighted by Crippen LogP contribution is 2.33. The zero-order valence-electron chi connectivity index (χ0n) is 18.2. The van der Waals surface area contributed by atoms with Gasteiger partial charge in [0, 0.05) is 37.8 Å². The molecule has 0 aliphatic heterocycles. The molecule has 2 aromatic carbocycles. The average Bonchev–Trinajstić information content (AvgIpc) is 2.78. The monoisotopic (exact) mass is 436 g/mol. The lowest BCUT2D eigenvalue weighted by atomic mass is 10.0. The van der Waals surface area contributed by atoms with Crippen LogP contribution in [0, 0.1) is 0 Å². The molecular weight excluding hydrogens is 412 g/mol. The molecule has 0 radical (unpaired) electrons. The van der Waals surface area contributed by atoms with E-state index in [9.17, 15) is 19.5 Å². The number of nitrogens with one attached hydrogen (secondary N) is 2. The zero-order valence-corrected chi connectivity index (χ0v) is 18.2. The molecule has 32 heavy (non-hydrogen) atoms. The fourth-order valence-electron chi connectivity index (χ4n) is 3.21. The highest BCUT2D eigenvalue weighted by molar-refractivity contribution is 6.09. The van der Waals surface area contributed by atoms with Crippen LogP contribution in [0.3, 0.4) is 0 Å². The Hall–Kier alpha value is -4.14. The van der Waals surface area contributed by atoms with E-state index < -0.39 is 5.97 Å². The number of hydrogen-bond acceptors (Lipinski definition) is 6. The normalized spacial score (nSPS) is 10.5. The van der Waals surface area contributed by atoms with Gasteiger partial charge in [-0.1, -0.05) is 0 Å². The Morgan fingerprint density at radius 3 is 2.34 bits per heavy atom. The fourth-order valence-corrected chi connectivity index (χ4v) is 3.21. The van der Waals surface area contributed by atoms with Gasteiger partial charge >= 0.3 is 5.97 Å². The quantitative estimate of drug-likeness (QED) is 0.521. The molecule has 0 spiro atoms. The lowest BCUT2D eigenvalue weighted by molar-refractivity contribution is -0.128. The van der Waals surface area contributed by atoms with Crippen LogP contribution in [0.25, 0.3) is 10.9 Å². The third-order valence-corrected chi connectivity index (χ3v) is 4.94. The van der Waals surface area contributed by atoms with Crippen molar-refractivity contribution in [3.05, 3.63) is 59.3 Å². The standard InChI is InChI=1S/C23H24N4O5/c1-24-22(29)13-5-10-17-16(11-13)21(25-14-6-8-15(32-4)9-7-14)20(23(30)31)18(26-17)12-19(28)27(2)3/h5-11H,12H2,1-4H3,(H,24,29)(H,25,26)(H,30,31). The van der Waals surface area contributed by atoms with Gasteiger partial charge in [0.05, 0.1) is 30.4 Å². The number of carbonyl (C=O) groups excluding carboxylic acids is 2. The topological polar surface area (TPSA) is 121 Å². The molecule has 2 amide bonds.